The van der Waals surface area contributed by atoms with Gasteiger partial charge in [0.25, 0.3) is 0 Å². The van der Waals surface area contributed by atoms with Crippen molar-refractivity contribution in [2.45, 2.75) is 44.1 Å². The van der Waals surface area contributed by atoms with Crippen molar-refractivity contribution in [3.05, 3.63) is 30.1 Å². The van der Waals surface area contributed by atoms with E-state index in [0.29, 0.717) is 6.04 Å². The second kappa shape index (κ2) is 5.34. The van der Waals surface area contributed by atoms with Crippen LogP contribution in [0.1, 0.15) is 37.6 Å². The fourth-order valence-electron chi connectivity index (χ4n) is 3.07. The van der Waals surface area contributed by atoms with Crippen molar-refractivity contribution in [1.29, 1.82) is 0 Å². The van der Waals surface area contributed by atoms with Gasteiger partial charge in [-0.25, -0.2) is 0 Å². The second-order valence-corrected chi connectivity index (χ2v) is 5.18. The maximum Gasteiger partial charge on any atom is 0.154 e. The van der Waals surface area contributed by atoms with Gasteiger partial charge in [0.15, 0.2) is 6.23 Å². The minimum Gasteiger partial charge on any atom is -0.394 e. The smallest absolute Gasteiger partial charge is 0.154 e. The van der Waals surface area contributed by atoms with Gasteiger partial charge in [-0.15, -0.1) is 0 Å². The zero-order valence-electron chi connectivity index (χ0n) is 10.5. The Hall–Kier alpha value is -0.970. The maximum atomic E-state index is 9.32. The summed E-state index contributed by atoms with van der Waals surface area (Å²) in [6.07, 6.45) is 6.75. The van der Waals surface area contributed by atoms with Gasteiger partial charge >= 0.3 is 0 Å². The molecule has 4 heteroatoms. The quantitative estimate of drug-likeness (QED) is 0.884. The van der Waals surface area contributed by atoms with Crippen molar-refractivity contribution >= 4 is 0 Å². The molecule has 0 bridgehead atoms. The highest BCUT2D eigenvalue weighted by Gasteiger charge is 2.39. The number of pyridine rings is 1. The minimum atomic E-state index is -0.0774. The highest BCUT2D eigenvalue weighted by molar-refractivity contribution is 5.09. The van der Waals surface area contributed by atoms with E-state index in [1.54, 1.807) is 6.20 Å². The molecule has 98 valence electrons. The third-order valence-electron chi connectivity index (χ3n) is 3.98. The Morgan fingerprint density at radius 3 is 2.83 bits per heavy atom. The molecule has 0 radical (unpaired) electrons. The predicted molar refractivity (Wildman–Crippen MR) is 67.9 cm³/mol. The average Bonchev–Trinajstić information content (AvgIpc) is 3.08. The Bertz CT molecular complexity index is 379. The number of hydrogen-bond acceptors (Lipinski definition) is 4. The first kappa shape index (κ1) is 12.1. The van der Waals surface area contributed by atoms with E-state index in [9.17, 15) is 5.11 Å². The van der Waals surface area contributed by atoms with E-state index in [4.69, 9.17) is 4.74 Å². The molecule has 2 fully saturated rings. The van der Waals surface area contributed by atoms with E-state index >= 15 is 0 Å². The van der Waals surface area contributed by atoms with Crippen LogP contribution in [0.2, 0.25) is 0 Å². The Balaban J connectivity index is 1.81. The normalized spacial score (nSPS) is 30.1. The summed E-state index contributed by atoms with van der Waals surface area (Å²) in [5.74, 6) is 0. The molecule has 3 rings (SSSR count). The van der Waals surface area contributed by atoms with Gasteiger partial charge < -0.3 is 9.84 Å². The predicted octanol–water partition coefficient (Wildman–Crippen LogP) is 1.72. The van der Waals surface area contributed by atoms with Crippen LogP contribution in [0.15, 0.2) is 24.4 Å². The Morgan fingerprint density at radius 1 is 1.33 bits per heavy atom. The van der Waals surface area contributed by atoms with Gasteiger partial charge in [0.1, 0.15) is 0 Å². The van der Waals surface area contributed by atoms with Crippen LogP contribution >= 0.6 is 0 Å². The average molecular weight is 248 g/mol. The summed E-state index contributed by atoms with van der Waals surface area (Å²) in [4.78, 5) is 6.79. The lowest BCUT2D eigenvalue weighted by atomic mass is 10.2. The molecule has 0 spiro atoms. The first-order valence-corrected chi connectivity index (χ1v) is 6.81. The molecule has 1 aliphatic heterocycles. The summed E-state index contributed by atoms with van der Waals surface area (Å²) >= 11 is 0. The van der Waals surface area contributed by atoms with E-state index in [1.807, 2.05) is 18.2 Å². The third kappa shape index (κ3) is 2.28. The topological polar surface area (TPSA) is 45.6 Å². The standard InChI is InChI=1S/C14H20N2O2/c17-10-12-9-16(11-5-1-2-6-11)14(18-12)13-7-3-4-8-15-13/h3-4,7-8,11-12,14,17H,1-2,5-6,9-10H2. The van der Waals surface area contributed by atoms with E-state index in [-0.39, 0.29) is 18.9 Å². The molecule has 1 aliphatic carbocycles. The van der Waals surface area contributed by atoms with E-state index in [2.05, 4.69) is 9.88 Å². The van der Waals surface area contributed by atoms with E-state index in [0.717, 1.165) is 12.2 Å². The molecule has 2 unspecified atom stereocenters. The summed E-state index contributed by atoms with van der Waals surface area (Å²) in [6, 6.07) is 6.51. The maximum absolute atomic E-state index is 9.32. The van der Waals surface area contributed by atoms with E-state index < -0.39 is 0 Å². The first-order valence-electron chi connectivity index (χ1n) is 6.81. The molecule has 1 saturated carbocycles. The molecule has 2 heterocycles. The van der Waals surface area contributed by atoms with Gasteiger partial charge in [0.2, 0.25) is 0 Å². The van der Waals surface area contributed by atoms with Crippen molar-refractivity contribution in [2.75, 3.05) is 13.2 Å². The summed E-state index contributed by atoms with van der Waals surface area (Å²) in [5.41, 5.74) is 0.959. The number of hydrogen-bond donors (Lipinski definition) is 1. The Labute approximate surface area is 108 Å². The zero-order chi connectivity index (χ0) is 12.4. The summed E-state index contributed by atoms with van der Waals surface area (Å²) in [7, 11) is 0. The molecule has 1 aromatic heterocycles. The lowest BCUT2D eigenvalue weighted by Gasteiger charge is -2.28. The second-order valence-electron chi connectivity index (χ2n) is 5.18. The molecule has 0 amide bonds. The molecule has 1 N–H and O–H groups in total. The lowest BCUT2D eigenvalue weighted by molar-refractivity contribution is -0.0320. The molecule has 2 aliphatic rings. The fourth-order valence-corrected chi connectivity index (χ4v) is 3.07. The Morgan fingerprint density at radius 2 is 2.17 bits per heavy atom. The molecule has 4 nitrogen and oxygen atoms in total. The molecular weight excluding hydrogens is 228 g/mol. The van der Waals surface area contributed by atoms with Crippen molar-refractivity contribution in [3.8, 4) is 0 Å². The van der Waals surface area contributed by atoms with E-state index in [1.165, 1.54) is 25.7 Å². The zero-order valence-corrected chi connectivity index (χ0v) is 10.5. The number of ether oxygens (including phenoxy) is 1. The van der Waals surface area contributed by atoms with Crippen molar-refractivity contribution in [1.82, 2.24) is 9.88 Å². The van der Waals surface area contributed by atoms with Gasteiger partial charge in [-0.3, -0.25) is 9.88 Å². The number of aliphatic hydroxyl groups is 1. The highest BCUT2D eigenvalue weighted by Crippen LogP contribution is 2.36. The van der Waals surface area contributed by atoms with Crippen LogP contribution in [0.4, 0.5) is 0 Å². The largest absolute Gasteiger partial charge is 0.394 e. The van der Waals surface area contributed by atoms with Gasteiger partial charge in [-0.05, 0) is 25.0 Å². The molecular formula is C14H20N2O2. The van der Waals surface area contributed by atoms with Crippen molar-refractivity contribution < 1.29 is 9.84 Å². The monoisotopic (exact) mass is 248 g/mol. The molecule has 1 aromatic rings. The van der Waals surface area contributed by atoms with Crippen LogP contribution in [0, 0.1) is 0 Å². The van der Waals surface area contributed by atoms with Crippen LogP contribution in [0.3, 0.4) is 0 Å². The summed E-state index contributed by atoms with van der Waals surface area (Å²) in [5, 5.41) is 9.32. The van der Waals surface area contributed by atoms with Crippen LogP contribution in [-0.2, 0) is 4.74 Å². The minimum absolute atomic E-state index is 0.0717. The van der Waals surface area contributed by atoms with Crippen LogP contribution in [0.25, 0.3) is 0 Å². The van der Waals surface area contributed by atoms with Gasteiger partial charge in [0.05, 0.1) is 18.4 Å². The van der Waals surface area contributed by atoms with Crippen molar-refractivity contribution in [3.63, 3.8) is 0 Å². The van der Waals surface area contributed by atoms with Gasteiger partial charge in [-0.2, -0.15) is 0 Å². The van der Waals surface area contributed by atoms with Crippen molar-refractivity contribution in [2.24, 2.45) is 0 Å². The molecule has 0 aromatic carbocycles. The molecule has 1 saturated heterocycles. The summed E-state index contributed by atoms with van der Waals surface area (Å²) in [6.45, 7) is 0.912. The Kier molecular flexibility index (Phi) is 3.59. The van der Waals surface area contributed by atoms with Crippen LogP contribution in [0.5, 0.6) is 0 Å². The number of nitrogens with zero attached hydrogens (tertiary/aromatic N) is 2. The number of rotatable bonds is 3. The SMILES string of the molecule is OCC1CN(C2CCCC2)C(c2ccccn2)O1. The van der Waals surface area contributed by atoms with Gasteiger partial charge in [0, 0.05) is 18.8 Å². The lowest BCUT2D eigenvalue weighted by Crippen LogP contribution is -2.34. The van der Waals surface area contributed by atoms with Crippen LogP contribution < -0.4 is 0 Å². The molecule has 18 heavy (non-hydrogen) atoms. The summed E-state index contributed by atoms with van der Waals surface area (Å²) < 4.78 is 5.94. The van der Waals surface area contributed by atoms with Crippen LogP contribution in [-0.4, -0.2) is 40.3 Å². The first-order chi connectivity index (χ1) is 8.88. The fraction of sp³-hybridized carbons (Fsp3) is 0.643. The number of aliphatic hydroxyl groups excluding tert-OH is 1. The number of aromatic nitrogens is 1. The highest BCUT2D eigenvalue weighted by atomic mass is 16.5. The third-order valence-corrected chi connectivity index (χ3v) is 3.98. The van der Waals surface area contributed by atoms with Gasteiger partial charge in [-0.1, -0.05) is 18.9 Å². The molecule has 2 atom stereocenters.